The third-order valence-corrected chi connectivity index (χ3v) is 6.41. The van der Waals surface area contributed by atoms with Crippen molar-refractivity contribution in [2.45, 2.75) is 67.5 Å². The number of amides is 2. The van der Waals surface area contributed by atoms with Crippen LogP contribution >= 0.6 is 0 Å². The van der Waals surface area contributed by atoms with Gasteiger partial charge in [-0.15, -0.1) is 0 Å². The van der Waals surface area contributed by atoms with Crippen LogP contribution in [0.15, 0.2) is 12.2 Å². The molecule has 0 aromatic heterocycles. The molecule has 28 heavy (non-hydrogen) atoms. The van der Waals surface area contributed by atoms with Crippen LogP contribution < -0.4 is 21.3 Å². The second kappa shape index (κ2) is 7.79. The van der Waals surface area contributed by atoms with Crippen LogP contribution in [0.25, 0.3) is 0 Å². The normalized spacial score (nSPS) is 26.7. The molecule has 2 heterocycles. The fourth-order valence-electron chi connectivity index (χ4n) is 5.25. The molecule has 0 aromatic carbocycles. The van der Waals surface area contributed by atoms with Crippen LogP contribution in [0.3, 0.4) is 0 Å². The molecule has 2 saturated heterocycles. The summed E-state index contributed by atoms with van der Waals surface area (Å²) in [7, 11) is 0. The van der Waals surface area contributed by atoms with Crippen LogP contribution in [0.2, 0.25) is 0 Å². The van der Waals surface area contributed by atoms with E-state index in [9.17, 15) is 9.59 Å². The van der Waals surface area contributed by atoms with Gasteiger partial charge in [0.1, 0.15) is 0 Å². The second-order valence-corrected chi connectivity index (χ2v) is 11.4. The van der Waals surface area contributed by atoms with Gasteiger partial charge in [-0.2, -0.15) is 0 Å². The quantitative estimate of drug-likeness (QED) is 0.550. The molecule has 6 nitrogen and oxygen atoms in total. The Hall–Kier alpha value is -1.40. The predicted octanol–water partition coefficient (Wildman–Crippen LogP) is 1.82. The molecule has 2 fully saturated rings. The average Bonchev–Trinajstić information content (AvgIpc) is 2.52. The summed E-state index contributed by atoms with van der Waals surface area (Å²) in [5, 5.41) is 13.2. The molecule has 6 heteroatoms. The van der Waals surface area contributed by atoms with Crippen LogP contribution in [0.1, 0.15) is 55.4 Å². The van der Waals surface area contributed by atoms with Gasteiger partial charge in [-0.1, -0.05) is 55.4 Å². The van der Waals surface area contributed by atoms with Crippen molar-refractivity contribution in [3.8, 4) is 0 Å². The van der Waals surface area contributed by atoms with Crippen molar-refractivity contribution >= 4 is 11.8 Å². The Balaban J connectivity index is 2.00. The number of carbonyl (C=O) groups excluding carboxylic acids is 2. The van der Waals surface area contributed by atoms with Crippen molar-refractivity contribution in [1.82, 2.24) is 21.3 Å². The molecule has 0 saturated carbocycles. The number of piperidine rings is 2. The number of nitrogens with one attached hydrogen (secondary N) is 4. The Bertz CT molecular complexity index is 548. The maximum absolute atomic E-state index is 12.5. The van der Waals surface area contributed by atoms with E-state index in [0.717, 1.165) is 26.2 Å². The van der Waals surface area contributed by atoms with Gasteiger partial charge in [0.2, 0.25) is 11.8 Å². The van der Waals surface area contributed by atoms with Crippen LogP contribution in [0.5, 0.6) is 0 Å². The second-order valence-electron chi connectivity index (χ2n) is 11.4. The van der Waals surface area contributed by atoms with E-state index in [1.165, 1.54) is 12.2 Å². The molecule has 2 rings (SSSR count). The molecule has 2 aliphatic rings. The van der Waals surface area contributed by atoms with Gasteiger partial charge < -0.3 is 21.3 Å². The zero-order valence-electron chi connectivity index (χ0n) is 19.0. The number of hydrogen-bond donors (Lipinski definition) is 4. The SMILES string of the molecule is CC1(C)CNCC(C)(C)C1NC(=O)/C=C\C(=O)NC1C(C)(C)CNCC1(C)C. The van der Waals surface area contributed by atoms with E-state index in [2.05, 4.69) is 76.7 Å². The molecule has 2 aliphatic heterocycles. The molecule has 0 bridgehead atoms. The monoisotopic (exact) mass is 392 g/mol. The zero-order valence-corrected chi connectivity index (χ0v) is 19.0. The topological polar surface area (TPSA) is 82.3 Å². The molecule has 4 N–H and O–H groups in total. The summed E-state index contributed by atoms with van der Waals surface area (Å²) >= 11 is 0. The van der Waals surface area contributed by atoms with Crippen LogP contribution in [-0.2, 0) is 9.59 Å². The largest absolute Gasteiger partial charge is 0.349 e. The fraction of sp³-hybridized carbons (Fsp3) is 0.818. The first-order valence-corrected chi connectivity index (χ1v) is 10.4. The minimum absolute atomic E-state index is 0.0312. The number of carbonyl (C=O) groups is 2. The van der Waals surface area contributed by atoms with Gasteiger partial charge in [-0.3, -0.25) is 9.59 Å². The Morgan fingerprint density at radius 3 is 1.14 bits per heavy atom. The molecule has 0 atom stereocenters. The summed E-state index contributed by atoms with van der Waals surface area (Å²) in [4.78, 5) is 25.1. The van der Waals surface area contributed by atoms with Crippen molar-refractivity contribution in [3.63, 3.8) is 0 Å². The molecule has 0 unspecified atom stereocenters. The smallest absolute Gasteiger partial charge is 0.244 e. The van der Waals surface area contributed by atoms with Crippen molar-refractivity contribution in [2.75, 3.05) is 26.2 Å². The maximum atomic E-state index is 12.5. The number of rotatable bonds is 4. The minimum atomic E-state index is -0.216. The highest BCUT2D eigenvalue weighted by molar-refractivity contribution is 5.97. The zero-order chi connectivity index (χ0) is 21.4. The van der Waals surface area contributed by atoms with Crippen molar-refractivity contribution in [1.29, 1.82) is 0 Å². The predicted molar refractivity (Wildman–Crippen MR) is 114 cm³/mol. The highest BCUT2D eigenvalue weighted by atomic mass is 16.2. The first-order chi connectivity index (χ1) is 12.7. The van der Waals surface area contributed by atoms with E-state index >= 15 is 0 Å². The van der Waals surface area contributed by atoms with Crippen LogP contribution in [0, 0.1) is 21.7 Å². The van der Waals surface area contributed by atoms with Gasteiger partial charge in [0.05, 0.1) is 0 Å². The number of hydrogen-bond acceptors (Lipinski definition) is 4. The molecule has 0 aromatic rings. The Morgan fingerprint density at radius 2 is 0.893 bits per heavy atom. The standard InChI is InChI=1S/C22H40N4O2/c1-19(2)11-23-12-20(3,4)17(19)25-15(27)9-10-16(28)26-18-21(5,6)13-24-14-22(18,7)8/h9-10,17-18,23-24H,11-14H2,1-8H3,(H,25,27)(H,26,28)/b10-9-. The van der Waals surface area contributed by atoms with E-state index in [1.807, 2.05) is 0 Å². The van der Waals surface area contributed by atoms with Gasteiger partial charge in [0, 0.05) is 50.4 Å². The van der Waals surface area contributed by atoms with E-state index in [4.69, 9.17) is 0 Å². The van der Waals surface area contributed by atoms with Crippen LogP contribution in [0.4, 0.5) is 0 Å². The van der Waals surface area contributed by atoms with E-state index in [-0.39, 0.29) is 45.6 Å². The third-order valence-electron chi connectivity index (χ3n) is 6.41. The van der Waals surface area contributed by atoms with E-state index in [0.29, 0.717) is 0 Å². The van der Waals surface area contributed by atoms with Crippen molar-refractivity contribution in [3.05, 3.63) is 12.2 Å². The minimum Gasteiger partial charge on any atom is -0.349 e. The molecule has 0 aliphatic carbocycles. The molecule has 0 spiro atoms. The Kier molecular flexibility index (Phi) is 6.37. The first kappa shape index (κ1) is 22.9. The van der Waals surface area contributed by atoms with Gasteiger partial charge in [0.15, 0.2) is 0 Å². The van der Waals surface area contributed by atoms with Crippen molar-refractivity contribution < 1.29 is 9.59 Å². The van der Waals surface area contributed by atoms with Gasteiger partial charge in [0.25, 0.3) is 0 Å². The summed E-state index contributed by atoms with van der Waals surface area (Å²) in [5.74, 6) is -0.431. The first-order valence-electron chi connectivity index (χ1n) is 10.4. The molecule has 2 amide bonds. The summed E-state index contributed by atoms with van der Waals surface area (Å²) in [5.41, 5.74) is -0.235. The molecular formula is C22H40N4O2. The average molecular weight is 393 g/mol. The van der Waals surface area contributed by atoms with Gasteiger partial charge in [-0.25, -0.2) is 0 Å². The fourth-order valence-corrected chi connectivity index (χ4v) is 5.25. The maximum Gasteiger partial charge on any atom is 0.244 e. The van der Waals surface area contributed by atoms with Crippen molar-refractivity contribution in [2.24, 2.45) is 21.7 Å². The van der Waals surface area contributed by atoms with Gasteiger partial charge in [-0.05, 0) is 21.7 Å². The molecular weight excluding hydrogens is 352 g/mol. The lowest BCUT2D eigenvalue weighted by Gasteiger charge is -2.49. The molecule has 0 radical (unpaired) electrons. The Morgan fingerprint density at radius 1 is 0.643 bits per heavy atom. The lowest BCUT2D eigenvalue weighted by atomic mass is 9.67. The van der Waals surface area contributed by atoms with Gasteiger partial charge >= 0.3 is 0 Å². The highest BCUT2D eigenvalue weighted by Crippen LogP contribution is 2.37. The summed E-state index contributed by atoms with van der Waals surface area (Å²) in [6, 6.07) is 0.0625. The highest BCUT2D eigenvalue weighted by Gasteiger charge is 2.45. The summed E-state index contributed by atoms with van der Waals surface area (Å²) in [6.45, 7) is 20.7. The lowest BCUT2D eigenvalue weighted by molar-refractivity contribution is -0.122. The third kappa shape index (κ3) is 5.15. The summed E-state index contributed by atoms with van der Waals surface area (Å²) < 4.78 is 0. The lowest BCUT2D eigenvalue weighted by Crippen LogP contribution is -2.63. The van der Waals surface area contributed by atoms with Crippen LogP contribution in [-0.4, -0.2) is 50.1 Å². The summed E-state index contributed by atoms with van der Waals surface area (Å²) in [6.07, 6.45) is 2.73. The Labute approximate surface area is 170 Å². The van der Waals surface area contributed by atoms with E-state index < -0.39 is 0 Å². The van der Waals surface area contributed by atoms with E-state index in [1.54, 1.807) is 0 Å². The molecule has 160 valence electrons.